The van der Waals surface area contributed by atoms with E-state index >= 15 is 0 Å². The molecule has 1 aliphatic heterocycles. The highest BCUT2D eigenvalue weighted by atomic mass is 19.1. The smallest absolute Gasteiger partial charge is 0.128 e. The van der Waals surface area contributed by atoms with E-state index in [0.717, 1.165) is 42.1 Å². The lowest BCUT2D eigenvalue weighted by Crippen LogP contribution is -2.30. The van der Waals surface area contributed by atoms with Crippen molar-refractivity contribution in [2.45, 2.75) is 25.6 Å². The van der Waals surface area contributed by atoms with Crippen LogP contribution in [0.2, 0.25) is 0 Å². The number of rotatable bonds is 4. The molecule has 1 aromatic heterocycles. The van der Waals surface area contributed by atoms with Crippen molar-refractivity contribution in [3.8, 4) is 5.75 Å². The molecule has 134 valence electrons. The molecule has 3 nitrogen and oxygen atoms in total. The zero-order valence-corrected chi connectivity index (χ0v) is 14.9. The summed E-state index contributed by atoms with van der Waals surface area (Å²) in [4.78, 5) is 2.36. The molecular weight excluding hydrogens is 327 g/mol. The molecule has 0 aliphatic carbocycles. The number of aryl methyl sites for hydroxylation is 1. The van der Waals surface area contributed by atoms with E-state index in [9.17, 15) is 4.39 Å². The van der Waals surface area contributed by atoms with Gasteiger partial charge in [-0.05, 0) is 30.7 Å². The Morgan fingerprint density at radius 1 is 1.00 bits per heavy atom. The molecule has 4 rings (SSSR count). The van der Waals surface area contributed by atoms with E-state index in [0.29, 0.717) is 6.54 Å². The number of fused-ring (bicyclic) bond motifs is 1. The highest BCUT2D eigenvalue weighted by Gasteiger charge is 2.29. The van der Waals surface area contributed by atoms with Crippen molar-refractivity contribution >= 4 is 0 Å². The first-order valence-electron chi connectivity index (χ1n) is 9.03. The van der Waals surface area contributed by atoms with Gasteiger partial charge in [0.1, 0.15) is 11.6 Å². The second-order valence-electron chi connectivity index (χ2n) is 6.69. The van der Waals surface area contributed by atoms with Gasteiger partial charge >= 0.3 is 0 Å². The van der Waals surface area contributed by atoms with Crippen molar-refractivity contribution in [2.75, 3.05) is 13.7 Å². The number of hydrogen-bond acceptors (Lipinski definition) is 2. The summed E-state index contributed by atoms with van der Waals surface area (Å²) in [7, 11) is 1.70. The minimum atomic E-state index is -0.155. The molecule has 0 fully saturated rings. The largest absolute Gasteiger partial charge is 0.496 e. The zero-order valence-electron chi connectivity index (χ0n) is 14.9. The molecule has 1 atom stereocenters. The number of nitrogens with zero attached hydrogens (tertiary/aromatic N) is 2. The van der Waals surface area contributed by atoms with Gasteiger partial charge in [0.15, 0.2) is 0 Å². The molecule has 26 heavy (non-hydrogen) atoms. The summed E-state index contributed by atoms with van der Waals surface area (Å²) < 4.78 is 22.5. The van der Waals surface area contributed by atoms with Crippen molar-refractivity contribution in [3.05, 3.63) is 89.5 Å². The van der Waals surface area contributed by atoms with Crippen LogP contribution >= 0.6 is 0 Å². The SMILES string of the molecule is COc1ccccc1CN1CCCn2cccc2[C@@H]1c1ccccc1F. The van der Waals surface area contributed by atoms with E-state index < -0.39 is 0 Å². The topological polar surface area (TPSA) is 17.4 Å². The van der Waals surface area contributed by atoms with Gasteiger partial charge in [-0.2, -0.15) is 0 Å². The number of ether oxygens (including phenoxy) is 1. The first kappa shape index (κ1) is 16.9. The van der Waals surface area contributed by atoms with E-state index in [1.165, 1.54) is 0 Å². The van der Waals surface area contributed by atoms with Crippen molar-refractivity contribution in [2.24, 2.45) is 0 Å². The number of methoxy groups -OCH3 is 1. The Balaban J connectivity index is 1.78. The fourth-order valence-corrected chi connectivity index (χ4v) is 3.92. The van der Waals surface area contributed by atoms with E-state index in [4.69, 9.17) is 4.74 Å². The zero-order chi connectivity index (χ0) is 17.9. The molecule has 2 heterocycles. The summed E-state index contributed by atoms with van der Waals surface area (Å²) in [5, 5.41) is 0. The average molecular weight is 350 g/mol. The second kappa shape index (κ2) is 7.34. The summed E-state index contributed by atoms with van der Waals surface area (Å²) in [5.74, 6) is 0.719. The quantitative estimate of drug-likeness (QED) is 0.682. The molecule has 3 aromatic rings. The first-order chi connectivity index (χ1) is 12.8. The molecule has 1 aliphatic rings. The van der Waals surface area contributed by atoms with Crippen LogP contribution < -0.4 is 4.74 Å². The molecule has 4 heteroatoms. The van der Waals surface area contributed by atoms with Crippen LogP contribution in [-0.4, -0.2) is 23.1 Å². The molecule has 0 radical (unpaired) electrons. The van der Waals surface area contributed by atoms with Crippen LogP contribution in [0.25, 0.3) is 0 Å². The lowest BCUT2D eigenvalue weighted by molar-refractivity contribution is 0.213. The van der Waals surface area contributed by atoms with Gasteiger partial charge < -0.3 is 9.30 Å². The molecular formula is C22H23FN2O. The van der Waals surface area contributed by atoms with Crippen LogP contribution in [0, 0.1) is 5.82 Å². The Morgan fingerprint density at radius 2 is 1.81 bits per heavy atom. The minimum Gasteiger partial charge on any atom is -0.496 e. The molecule has 2 aromatic carbocycles. The molecule has 0 bridgehead atoms. The molecule has 0 spiro atoms. The predicted octanol–water partition coefficient (Wildman–Crippen LogP) is 4.63. The fourth-order valence-electron chi connectivity index (χ4n) is 3.92. The van der Waals surface area contributed by atoms with Gasteiger partial charge in [-0.1, -0.05) is 36.4 Å². The van der Waals surface area contributed by atoms with Crippen molar-refractivity contribution in [1.82, 2.24) is 9.47 Å². The summed E-state index contributed by atoms with van der Waals surface area (Å²) >= 11 is 0. The Labute approximate surface area is 153 Å². The Bertz CT molecular complexity index is 889. The number of aromatic nitrogens is 1. The van der Waals surface area contributed by atoms with Crippen molar-refractivity contribution < 1.29 is 9.13 Å². The minimum absolute atomic E-state index is 0.112. The van der Waals surface area contributed by atoms with Gasteiger partial charge in [0.25, 0.3) is 0 Å². The summed E-state index contributed by atoms with van der Waals surface area (Å²) in [6.45, 7) is 2.57. The lowest BCUT2D eigenvalue weighted by Gasteiger charge is -2.31. The second-order valence-corrected chi connectivity index (χ2v) is 6.69. The third kappa shape index (κ3) is 3.13. The van der Waals surface area contributed by atoms with E-state index in [2.05, 4.69) is 33.9 Å². The third-order valence-corrected chi connectivity index (χ3v) is 5.12. The van der Waals surface area contributed by atoms with Gasteiger partial charge in [0.05, 0.1) is 13.2 Å². The van der Waals surface area contributed by atoms with E-state index in [1.807, 2.05) is 30.3 Å². The highest BCUT2D eigenvalue weighted by Crippen LogP contribution is 2.35. The maximum atomic E-state index is 14.7. The standard InChI is InChI=1S/C22H23FN2O/c1-26-21-12-5-2-8-17(21)16-25-15-7-14-24-13-6-11-20(24)22(25)18-9-3-4-10-19(18)23/h2-6,8-13,22H,7,14-16H2,1H3/t22-/m0/s1. The fraction of sp³-hybridized carbons (Fsp3) is 0.273. The Morgan fingerprint density at radius 3 is 2.65 bits per heavy atom. The number of hydrogen-bond donors (Lipinski definition) is 0. The molecule has 0 saturated heterocycles. The van der Waals surface area contributed by atoms with Crippen LogP contribution in [-0.2, 0) is 13.1 Å². The maximum Gasteiger partial charge on any atom is 0.128 e. The Kier molecular flexibility index (Phi) is 4.76. The average Bonchev–Trinajstić information content (AvgIpc) is 3.05. The molecule has 0 amide bonds. The summed E-state index contributed by atoms with van der Waals surface area (Å²) in [5.41, 5.74) is 2.99. The molecule has 0 unspecified atom stereocenters. The molecule has 0 saturated carbocycles. The van der Waals surface area contributed by atoms with Crippen molar-refractivity contribution in [3.63, 3.8) is 0 Å². The van der Waals surface area contributed by atoms with Crippen LogP contribution in [0.3, 0.4) is 0 Å². The summed E-state index contributed by atoms with van der Waals surface area (Å²) in [6, 6.07) is 19.2. The van der Waals surface area contributed by atoms with Gasteiger partial charge in [0, 0.05) is 42.7 Å². The van der Waals surface area contributed by atoms with Gasteiger partial charge in [-0.25, -0.2) is 4.39 Å². The first-order valence-corrected chi connectivity index (χ1v) is 9.03. The van der Waals surface area contributed by atoms with Crippen LogP contribution in [0.15, 0.2) is 66.9 Å². The maximum absolute atomic E-state index is 14.7. The number of halogens is 1. The lowest BCUT2D eigenvalue weighted by atomic mass is 10.0. The van der Waals surface area contributed by atoms with Gasteiger partial charge in [-0.3, -0.25) is 4.90 Å². The Hall–Kier alpha value is -2.59. The monoisotopic (exact) mass is 350 g/mol. The van der Waals surface area contributed by atoms with E-state index in [1.54, 1.807) is 19.2 Å². The van der Waals surface area contributed by atoms with Gasteiger partial charge in [0.2, 0.25) is 0 Å². The number of benzene rings is 2. The van der Waals surface area contributed by atoms with Crippen LogP contribution in [0.4, 0.5) is 4.39 Å². The third-order valence-electron chi connectivity index (χ3n) is 5.12. The molecule has 0 N–H and O–H groups in total. The van der Waals surface area contributed by atoms with Gasteiger partial charge in [-0.15, -0.1) is 0 Å². The highest BCUT2D eigenvalue weighted by molar-refractivity contribution is 5.35. The van der Waals surface area contributed by atoms with Crippen LogP contribution in [0.5, 0.6) is 5.75 Å². The number of para-hydroxylation sites is 1. The van der Waals surface area contributed by atoms with Crippen molar-refractivity contribution in [1.29, 1.82) is 0 Å². The summed E-state index contributed by atoms with van der Waals surface area (Å²) in [6.07, 6.45) is 3.12. The van der Waals surface area contributed by atoms with Crippen LogP contribution in [0.1, 0.15) is 29.3 Å². The normalized spacial score (nSPS) is 17.5. The predicted molar refractivity (Wildman–Crippen MR) is 101 cm³/mol. The van der Waals surface area contributed by atoms with E-state index in [-0.39, 0.29) is 11.9 Å².